The highest BCUT2D eigenvalue weighted by molar-refractivity contribution is 7.79. The van der Waals surface area contributed by atoms with E-state index >= 15 is 0 Å². The van der Waals surface area contributed by atoms with Crippen LogP contribution in [0.25, 0.3) is 0 Å². The van der Waals surface area contributed by atoms with Gasteiger partial charge < -0.3 is 0 Å². The Balaban J connectivity index is 1.99. The summed E-state index contributed by atoms with van der Waals surface area (Å²) in [5, 5.41) is 4.43. The molecule has 4 rings (SSSR count). The predicted octanol–water partition coefficient (Wildman–Crippen LogP) is 5.79. The summed E-state index contributed by atoms with van der Waals surface area (Å²) in [4.78, 5) is 0. The van der Waals surface area contributed by atoms with Crippen molar-refractivity contribution in [3.63, 3.8) is 0 Å². The van der Waals surface area contributed by atoms with Gasteiger partial charge in [0.2, 0.25) is 0 Å². The third kappa shape index (κ3) is 3.61. The van der Waals surface area contributed by atoms with Gasteiger partial charge in [0.1, 0.15) is 0 Å². The zero-order valence-corrected chi connectivity index (χ0v) is 17.8. The summed E-state index contributed by atoms with van der Waals surface area (Å²) >= 11 is 0. The van der Waals surface area contributed by atoms with Gasteiger partial charge in [-0.2, -0.15) is 0 Å². The first kappa shape index (κ1) is 18.5. The van der Waals surface area contributed by atoms with Crippen molar-refractivity contribution in [3.8, 4) is 0 Å². The van der Waals surface area contributed by atoms with Gasteiger partial charge in [-0.3, -0.25) is 0 Å². The molecule has 0 radical (unpaired) electrons. The number of rotatable bonds is 4. The van der Waals surface area contributed by atoms with Crippen LogP contribution in [0.3, 0.4) is 0 Å². The summed E-state index contributed by atoms with van der Waals surface area (Å²) in [7, 11) is -0.554. The average Bonchev–Trinajstić information content (AvgIpc) is 3.41. The van der Waals surface area contributed by atoms with E-state index in [-0.39, 0.29) is 5.41 Å². The molecule has 0 unspecified atom stereocenters. The zero-order valence-electron chi connectivity index (χ0n) is 16.9. The first-order chi connectivity index (χ1) is 12.9. The Morgan fingerprint density at radius 2 is 1.22 bits per heavy atom. The van der Waals surface area contributed by atoms with Gasteiger partial charge in [0.15, 0.2) is 0 Å². The van der Waals surface area contributed by atoms with Crippen molar-refractivity contribution < 1.29 is 0 Å². The molecule has 0 heterocycles. The van der Waals surface area contributed by atoms with E-state index < -0.39 is 7.92 Å². The molecule has 0 atom stereocenters. The van der Waals surface area contributed by atoms with Gasteiger partial charge in [-0.25, -0.2) is 0 Å². The Morgan fingerprint density at radius 1 is 0.704 bits per heavy atom. The molecule has 3 aromatic rings. The van der Waals surface area contributed by atoms with E-state index in [1.807, 2.05) is 0 Å². The van der Waals surface area contributed by atoms with Crippen molar-refractivity contribution in [1.29, 1.82) is 0 Å². The van der Waals surface area contributed by atoms with E-state index in [9.17, 15) is 0 Å². The van der Waals surface area contributed by atoms with Gasteiger partial charge in [-0.05, 0) is 58.6 Å². The van der Waals surface area contributed by atoms with E-state index in [2.05, 4.69) is 107 Å². The summed E-state index contributed by atoms with van der Waals surface area (Å²) in [5.74, 6) is 0. The average molecular weight is 372 g/mol. The van der Waals surface area contributed by atoms with Crippen LogP contribution in [0.2, 0.25) is 0 Å². The second-order valence-corrected chi connectivity index (χ2v) is 11.2. The molecule has 0 N–H and O–H groups in total. The molecule has 27 heavy (non-hydrogen) atoms. The molecule has 1 saturated carbocycles. The smallest absolute Gasteiger partial charge is 0.00651 e. The lowest BCUT2D eigenvalue weighted by molar-refractivity contribution is 0.573. The van der Waals surface area contributed by atoms with Crippen LogP contribution in [0.5, 0.6) is 0 Å². The number of hydrogen-bond acceptors (Lipinski definition) is 0. The molecule has 0 aliphatic heterocycles. The van der Waals surface area contributed by atoms with Gasteiger partial charge in [-0.1, -0.05) is 107 Å². The molecule has 0 bridgehead atoms. The van der Waals surface area contributed by atoms with Crippen molar-refractivity contribution in [3.05, 3.63) is 90.0 Å². The first-order valence-corrected chi connectivity index (χ1v) is 11.3. The van der Waals surface area contributed by atoms with Crippen LogP contribution in [0.1, 0.15) is 51.7 Å². The van der Waals surface area contributed by atoms with Crippen LogP contribution < -0.4 is 15.9 Å². The van der Waals surface area contributed by atoms with Crippen molar-refractivity contribution in [2.24, 2.45) is 0 Å². The van der Waals surface area contributed by atoms with Crippen molar-refractivity contribution in [2.45, 2.75) is 51.4 Å². The minimum atomic E-state index is -0.554. The molecule has 0 aromatic heterocycles. The third-order valence-electron chi connectivity index (χ3n) is 5.72. The molecule has 1 aliphatic rings. The maximum Gasteiger partial charge on any atom is -0.00651 e. The SMILES string of the molecule is CC(C)(C)c1cccc(P(c2ccccc2)c2ccccc2)c1C1(C)CC1. The van der Waals surface area contributed by atoms with Gasteiger partial charge in [0.05, 0.1) is 0 Å². The fourth-order valence-electron chi connectivity index (χ4n) is 4.00. The van der Waals surface area contributed by atoms with E-state index in [0.717, 1.165) is 0 Å². The second kappa shape index (κ2) is 6.92. The molecule has 1 heteroatoms. The van der Waals surface area contributed by atoms with E-state index in [4.69, 9.17) is 0 Å². The van der Waals surface area contributed by atoms with E-state index in [1.165, 1.54) is 29.0 Å². The van der Waals surface area contributed by atoms with Crippen LogP contribution in [0.15, 0.2) is 78.9 Å². The molecule has 0 amide bonds. The largest absolute Gasteiger partial charge is 0.0622 e. The monoisotopic (exact) mass is 372 g/mol. The molecule has 1 fully saturated rings. The Hall–Kier alpha value is -1.91. The Kier molecular flexibility index (Phi) is 4.73. The van der Waals surface area contributed by atoms with Gasteiger partial charge >= 0.3 is 0 Å². The topological polar surface area (TPSA) is 0 Å². The standard InChI is InChI=1S/C26H29P/c1-25(2,3)22-16-11-17-23(24(22)26(4)18-19-26)27(20-12-7-5-8-13-20)21-14-9-6-10-15-21/h5-17H,18-19H2,1-4H3. The highest BCUT2D eigenvalue weighted by atomic mass is 31.1. The van der Waals surface area contributed by atoms with Crippen LogP contribution >= 0.6 is 7.92 Å². The molecule has 138 valence electrons. The third-order valence-corrected chi connectivity index (χ3v) is 8.21. The summed E-state index contributed by atoms with van der Waals surface area (Å²) in [6, 6.07) is 29.2. The number of benzene rings is 3. The molecule has 1 aliphatic carbocycles. The van der Waals surface area contributed by atoms with Crippen molar-refractivity contribution in [2.75, 3.05) is 0 Å². The van der Waals surface area contributed by atoms with Crippen LogP contribution in [0.4, 0.5) is 0 Å². The van der Waals surface area contributed by atoms with E-state index in [0.29, 0.717) is 5.41 Å². The Morgan fingerprint density at radius 3 is 1.67 bits per heavy atom. The quantitative estimate of drug-likeness (QED) is 0.508. The first-order valence-electron chi connectivity index (χ1n) is 9.94. The molecule has 0 nitrogen and oxygen atoms in total. The molecular formula is C26H29P. The molecule has 0 saturated heterocycles. The maximum atomic E-state index is 2.46. The second-order valence-electron chi connectivity index (χ2n) is 9.02. The van der Waals surface area contributed by atoms with Crippen molar-refractivity contribution >= 4 is 23.8 Å². The summed E-state index contributed by atoms with van der Waals surface area (Å²) in [5.41, 5.74) is 3.64. The fourth-order valence-corrected chi connectivity index (χ4v) is 6.65. The lowest BCUT2D eigenvalue weighted by Gasteiger charge is -2.31. The van der Waals surface area contributed by atoms with Crippen LogP contribution in [-0.4, -0.2) is 0 Å². The Labute approximate surface area is 165 Å². The van der Waals surface area contributed by atoms with Gasteiger partial charge in [-0.15, -0.1) is 0 Å². The highest BCUT2D eigenvalue weighted by Gasteiger charge is 2.44. The zero-order chi connectivity index (χ0) is 19.1. The molecular weight excluding hydrogens is 343 g/mol. The summed E-state index contributed by atoms with van der Waals surface area (Å²) < 4.78 is 0. The molecule has 0 spiro atoms. The van der Waals surface area contributed by atoms with Crippen LogP contribution in [-0.2, 0) is 10.8 Å². The summed E-state index contributed by atoms with van der Waals surface area (Å²) in [6.45, 7) is 9.53. The highest BCUT2D eigenvalue weighted by Crippen LogP contribution is 2.52. The normalized spacial score (nSPS) is 15.7. The fraction of sp³-hybridized carbons (Fsp3) is 0.308. The molecule has 3 aromatic carbocycles. The lowest BCUT2D eigenvalue weighted by Crippen LogP contribution is -2.30. The van der Waals surface area contributed by atoms with Gasteiger partial charge in [0.25, 0.3) is 0 Å². The van der Waals surface area contributed by atoms with E-state index in [1.54, 1.807) is 10.9 Å². The summed E-state index contributed by atoms with van der Waals surface area (Å²) in [6.07, 6.45) is 2.61. The van der Waals surface area contributed by atoms with Crippen molar-refractivity contribution in [1.82, 2.24) is 0 Å². The predicted molar refractivity (Wildman–Crippen MR) is 120 cm³/mol. The minimum Gasteiger partial charge on any atom is -0.0622 e. The maximum absolute atomic E-state index is 2.46. The van der Waals surface area contributed by atoms with Crippen LogP contribution in [0, 0.1) is 0 Å². The number of hydrogen-bond donors (Lipinski definition) is 0. The van der Waals surface area contributed by atoms with Gasteiger partial charge in [0, 0.05) is 0 Å². The lowest BCUT2D eigenvalue weighted by atomic mass is 9.79. The minimum absolute atomic E-state index is 0.158. The Bertz CT molecular complexity index is 876.